The molecule has 0 spiro atoms. The van der Waals surface area contributed by atoms with Crippen LogP contribution in [0.2, 0.25) is 0 Å². The van der Waals surface area contributed by atoms with Crippen molar-refractivity contribution in [2.75, 3.05) is 13.7 Å². The van der Waals surface area contributed by atoms with E-state index in [4.69, 9.17) is 9.47 Å². The van der Waals surface area contributed by atoms with Gasteiger partial charge in [-0.2, -0.15) is 0 Å². The normalized spacial score (nSPS) is 15.7. The highest BCUT2D eigenvalue weighted by molar-refractivity contribution is 5.82. The standard InChI is InChI=1S/C27H32N6O3/c1-18-11-19(2)26-21(12-18)13-22(27(34)28-26)15-32(14-20-7-4-5-9-24(20)35-3)17-25-29-30-31-33(25)16-23-8-6-10-36-23/h4-5,7,9,11-13,23H,6,8,10,14-17H2,1-3H3,(H,28,34)/t23-/m0/s1. The molecule has 2 aromatic carbocycles. The van der Waals surface area contributed by atoms with Gasteiger partial charge in [-0.25, -0.2) is 4.68 Å². The summed E-state index contributed by atoms with van der Waals surface area (Å²) in [6.45, 7) is 6.98. The maximum atomic E-state index is 13.1. The lowest BCUT2D eigenvalue weighted by molar-refractivity contribution is 0.0914. The molecular formula is C27H32N6O3. The van der Waals surface area contributed by atoms with Crippen LogP contribution in [0.1, 0.15) is 40.9 Å². The number of para-hydroxylation sites is 1. The van der Waals surface area contributed by atoms with Gasteiger partial charge < -0.3 is 14.5 Å². The first-order chi connectivity index (χ1) is 17.5. The van der Waals surface area contributed by atoms with Crippen LogP contribution in [0.25, 0.3) is 10.9 Å². The lowest BCUT2D eigenvalue weighted by Crippen LogP contribution is -2.29. The van der Waals surface area contributed by atoms with E-state index in [-0.39, 0.29) is 11.7 Å². The van der Waals surface area contributed by atoms with Gasteiger partial charge >= 0.3 is 0 Å². The Kier molecular flexibility index (Phi) is 7.11. The summed E-state index contributed by atoms with van der Waals surface area (Å²) in [6, 6.07) is 14.1. The highest BCUT2D eigenvalue weighted by Crippen LogP contribution is 2.23. The predicted octanol–water partition coefficient (Wildman–Crippen LogP) is 3.52. The summed E-state index contributed by atoms with van der Waals surface area (Å²) in [7, 11) is 1.67. The zero-order valence-corrected chi connectivity index (χ0v) is 21.0. The first kappa shape index (κ1) is 24.1. The number of methoxy groups -OCH3 is 1. The van der Waals surface area contributed by atoms with E-state index in [0.717, 1.165) is 58.6 Å². The molecule has 36 heavy (non-hydrogen) atoms. The van der Waals surface area contributed by atoms with Gasteiger partial charge in [0.25, 0.3) is 5.56 Å². The molecule has 1 aliphatic rings. The number of rotatable bonds is 9. The summed E-state index contributed by atoms with van der Waals surface area (Å²) in [4.78, 5) is 18.4. The predicted molar refractivity (Wildman–Crippen MR) is 137 cm³/mol. The van der Waals surface area contributed by atoms with Crippen LogP contribution in [0.3, 0.4) is 0 Å². The smallest absolute Gasteiger partial charge is 0.252 e. The Hall–Kier alpha value is -3.56. The van der Waals surface area contributed by atoms with Crippen LogP contribution in [-0.4, -0.2) is 49.9 Å². The van der Waals surface area contributed by atoms with Crippen LogP contribution in [0.4, 0.5) is 0 Å². The zero-order valence-electron chi connectivity index (χ0n) is 21.0. The zero-order chi connectivity index (χ0) is 25.1. The van der Waals surface area contributed by atoms with E-state index in [1.165, 1.54) is 0 Å². The van der Waals surface area contributed by atoms with Gasteiger partial charge in [-0.3, -0.25) is 9.69 Å². The number of aromatic nitrogens is 5. The summed E-state index contributed by atoms with van der Waals surface area (Å²) < 4.78 is 13.2. The van der Waals surface area contributed by atoms with E-state index >= 15 is 0 Å². The van der Waals surface area contributed by atoms with Gasteiger partial charge in [-0.05, 0) is 66.3 Å². The van der Waals surface area contributed by atoms with E-state index in [9.17, 15) is 4.79 Å². The molecule has 9 heteroatoms. The van der Waals surface area contributed by atoms with Crippen LogP contribution < -0.4 is 10.3 Å². The van der Waals surface area contributed by atoms with Crippen molar-refractivity contribution in [1.29, 1.82) is 0 Å². The molecule has 3 heterocycles. The number of aromatic amines is 1. The van der Waals surface area contributed by atoms with Crippen molar-refractivity contribution in [2.45, 2.75) is 59.0 Å². The summed E-state index contributed by atoms with van der Waals surface area (Å²) in [5.41, 5.74) is 4.75. The maximum Gasteiger partial charge on any atom is 0.252 e. The van der Waals surface area contributed by atoms with Gasteiger partial charge in [-0.15, -0.1) is 5.10 Å². The van der Waals surface area contributed by atoms with Gasteiger partial charge in [0.05, 0.1) is 31.8 Å². The molecule has 5 rings (SSSR count). The third-order valence-electron chi connectivity index (χ3n) is 6.72. The van der Waals surface area contributed by atoms with E-state index in [1.54, 1.807) is 7.11 Å². The minimum absolute atomic E-state index is 0.0848. The minimum Gasteiger partial charge on any atom is -0.496 e. The number of tetrazole rings is 1. The number of aryl methyl sites for hydroxylation is 2. The van der Waals surface area contributed by atoms with Gasteiger partial charge in [0, 0.05) is 30.8 Å². The van der Waals surface area contributed by atoms with Crippen molar-refractivity contribution in [3.63, 3.8) is 0 Å². The summed E-state index contributed by atoms with van der Waals surface area (Å²) >= 11 is 0. The van der Waals surface area contributed by atoms with Crippen molar-refractivity contribution in [1.82, 2.24) is 30.1 Å². The lowest BCUT2D eigenvalue weighted by atomic mass is 10.0. The van der Waals surface area contributed by atoms with Gasteiger partial charge in [0.1, 0.15) is 5.75 Å². The van der Waals surface area contributed by atoms with E-state index in [2.05, 4.69) is 44.5 Å². The Bertz CT molecular complexity index is 1410. The number of H-pyrrole nitrogens is 1. The quantitative estimate of drug-likeness (QED) is 0.385. The second-order valence-corrected chi connectivity index (χ2v) is 9.54. The number of ether oxygens (including phenoxy) is 2. The largest absolute Gasteiger partial charge is 0.496 e. The van der Waals surface area contributed by atoms with Crippen molar-refractivity contribution in [2.24, 2.45) is 0 Å². The first-order valence-corrected chi connectivity index (χ1v) is 12.3. The molecule has 2 aromatic heterocycles. The Morgan fingerprint density at radius 2 is 1.97 bits per heavy atom. The average molecular weight is 489 g/mol. The van der Waals surface area contributed by atoms with E-state index in [0.29, 0.717) is 31.7 Å². The Balaban J connectivity index is 1.46. The highest BCUT2D eigenvalue weighted by atomic mass is 16.5. The molecule has 9 nitrogen and oxygen atoms in total. The lowest BCUT2D eigenvalue weighted by Gasteiger charge is -2.23. The molecule has 1 saturated heterocycles. The molecule has 0 amide bonds. The Morgan fingerprint density at radius 3 is 2.78 bits per heavy atom. The van der Waals surface area contributed by atoms with Crippen molar-refractivity contribution >= 4 is 10.9 Å². The fraction of sp³-hybridized carbons (Fsp3) is 0.407. The Labute approximate surface area is 210 Å². The van der Waals surface area contributed by atoms with Crippen LogP contribution in [0, 0.1) is 13.8 Å². The fourth-order valence-electron chi connectivity index (χ4n) is 4.99. The molecule has 1 N–H and O–H groups in total. The topological polar surface area (TPSA) is 98.2 Å². The second-order valence-electron chi connectivity index (χ2n) is 9.54. The number of fused-ring (bicyclic) bond motifs is 1. The number of nitrogens with zero attached hydrogens (tertiary/aromatic N) is 5. The maximum absolute atomic E-state index is 13.1. The number of benzene rings is 2. The van der Waals surface area contributed by atoms with Crippen LogP contribution >= 0.6 is 0 Å². The third-order valence-corrected chi connectivity index (χ3v) is 6.72. The SMILES string of the molecule is COc1ccccc1CN(Cc1cc2cc(C)cc(C)c2[nH]c1=O)Cc1nnnn1C[C@@H]1CCCO1. The van der Waals surface area contributed by atoms with Crippen LogP contribution in [0.15, 0.2) is 47.3 Å². The van der Waals surface area contributed by atoms with E-state index in [1.807, 2.05) is 41.9 Å². The average Bonchev–Trinajstić information content (AvgIpc) is 3.53. The van der Waals surface area contributed by atoms with Crippen LogP contribution in [0.5, 0.6) is 5.75 Å². The van der Waals surface area contributed by atoms with Gasteiger partial charge in [0.15, 0.2) is 5.82 Å². The molecule has 1 aliphatic heterocycles. The molecule has 0 aliphatic carbocycles. The van der Waals surface area contributed by atoms with E-state index < -0.39 is 0 Å². The van der Waals surface area contributed by atoms with Crippen molar-refractivity contribution in [3.05, 3.63) is 80.9 Å². The number of pyridine rings is 1. The molecule has 0 saturated carbocycles. The molecule has 0 radical (unpaired) electrons. The summed E-state index contributed by atoms with van der Waals surface area (Å²) in [5.74, 6) is 1.55. The molecular weight excluding hydrogens is 456 g/mol. The number of nitrogens with one attached hydrogen (secondary N) is 1. The number of hydrogen-bond donors (Lipinski definition) is 1. The molecule has 0 unspecified atom stereocenters. The molecule has 1 fully saturated rings. The third kappa shape index (κ3) is 5.32. The highest BCUT2D eigenvalue weighted by Gasteiger charge is 2.21. The summed E-state index contributed by atoms with van der Waals surface area (Å²) in [6.07, 6.45) is 2.20. The summed E-state index contributed by atoms with van der Waals surface area (Å²) in [5, 5.41) is 13.5. The van der Waals surface area contributed by atoms with Gasteiger partial charge in [0.2, 0.25) is 0 Å². The second kappa shape index (κ2) is 10.6. The first-order valence-electron chi connectivity index (χ1n) is 12.3. The molecule has 188 valence electrons. The Morgan fingerprint density at radius 1 is 1.14 bits per heavy atom. The fourth-order valence-corrected chi connectivity index (χ4v) is 4.99. The van der Waals surface area contributed by atoms with Crippen LogP contribution in [-0.2, 0) is 30.9 Å². The molecule has 0 bridgehead atoms. The number of hydrogen-bond acceptors (Lipinski definition) is 7. The molecule has 4 aromatic rings. The van der Waals surface area contributed by atoms with Gasteiger partial charge in [-0.1, -0.05) is 29.8 Å². The van der Waals surface area contributed by atoms with Crippen molar-refractivity contribution < 1.29 is 9.47 Å². The monoisotopic (exact) mass is 488 g/mol. The minimum atomic E-state index is -0.0848. The molecule has 1 atom stereocenters. The van der Waals surface area contributed by atoms with Crippen molar-refractivity contribution in [3.8, 4) is 5.75 Å².